The zero-order valence-electron chi connectivity index (χ0n) is 14.8. The summed E-state index contributed by atoms with van der Waals surface area (Å²) in [5.74, 6) is -0.145. The van der Waals surface area contributed by atoms with E-state index < -0.39 is 6.04 Å². The predicted molar refractivity (Wildman–Crippen MR) is 104 cm³/mol. The van der Waals surface area contributed by atoms with Crippen molar-refractivity contribution >= 4 is 5.91 Å². The molecule has 3 N–H and O–H groups in total. The molecule has 0 saturated carbocycles. The van der Waals surface area contributed by atoms with E-state index in [2.05, 4.69) is 16.4 Å². The smallest absolute Gasteiger partial charge is 0.237 e. The van der Waals surface area contributed by atoms with Crippen LogP contribution in [-0.2, 0) is 11.2 Å². The van der Waals surface area contributed by atoms with Crippen molar-refractivity contribution in [1.29, 1.82) is 0 Å². The number of pyridine rings is 1. The van der Waals surface area contributed by atoms with Crippen LogP contribution in [0.15, 0.2) is 79.1 Å². The van der Waals surface area contributed by atoms with Crippen molar-refractivity contribution < 1.29 is 4.79 Å². The second kappa shape index (κ2) is 8.41. The van der Waals surface area contributed by atoms with Crippen molar-refractivity contribution in [3.05, 3.63) is 90.3 Å². The molecule has 1 unspecified atom stereocenters. The number of benzene rings is 2. The van der Waals surface area contributed by atoms with E-state index in [0.717, 1.165) is 22.3 Å². The molecule has 1 aromatic heterocycles. The van der Waals surface area contributed by atoms with Crippen LogP contribution in [0.3, 0.4) is 0 Å². The Balaban J connectivity index is 1.66. The third-order valence-electron chi connectivity index (χ3n) is 4.38. The van der Waals surface area contributed by atoms with E-state index in [1.165, 1.54) is 0 Å². The monoisotopic (exact) mass is 345 g/mol. The highest BCUT2D eigenvalue weighted by atomic mass is 16.2. The molecule has 0 fully saturated rings. The van der Waals surface area contributed by atoms with Gasteiger partial charge in [-0.1, -0.05) is 54.6 Å². The summed E-state index contributed by atoms with van der Waals surface area (Å²) in [6.07, 6.45) is 4.11. The minimum Gasteiger partial charge on any atom is -0.348 e. The molecule has 3 aromatic rings. The standard InChI is InChI=1S/C22H23N3O/c1-16(25-22(26)21(23)13-17-7-3-2-4-8-17)18-9-5-10-19(14-18)20-11-6-12-24-15-20/h2-12,14-16,21H,13,23H2,1H3,(H,25,26)/t16?,21-/m0/s1. The fourth-order valence-corrected chi connectivity index (χ4v) is 2.89. The van der Waals surface area contributed by atoms with Gasteiger partial charge in [0.1, 0.15) is 0 Å². The van der Waals surface area contributed by atoms with Gasteiger partial charge in [-0.15, -0.1) is 0 Å². The van der Waals surface area contributed by atoms with Gasteiger partial charge in [0.25, 0.3) is 0 Å². The molecule has 0 saturated heterocycles. The Morgan fingerprint density at radius 1 is 1.04 bits per heavy atom. The van der Waals surface area contributed by atoms with Crippen LogP contribution in [0.2, 0.25) is 0 Å². The lowest BCUT2D eigenvalue weighted by atomic mass is 10.0. The maximum Gasteiger partial charge on any atom is 0.237 e. The summed E-state index contributed by atoms with van der Waals surface area (Å²) in [5, 5.41) is 3.02. The number of hydrogen-bond acceptors (Lipinski definition) is 3. The Labute approximate surface area is 154 Å². The summed E-state index contributed by atoms with van der Waals surface area (Å²) in [4.78, 5) is 16.6. The number of nitrogens with two attached hydrogens (primary N) is 1. The Bertz CT molecular complexity index is 850. The van der Waals surface area contributed by atoms with Crippen molar-refractivity contribution in [3.63, 3.8) is 0 Å². The average molecular weight is 345 g/mol. The summed E-state index contributed by atoms with van der Waals surface area (Å²) < 4.78 is 0. The second-order valence-electron chi connectivity index (χ2n) is 6.39. The van der Waals surface area contributed by atoms with Crippen LogP contribution < -0.4 is 11.1 Å². The molecular formula is C22H23N3O. The molecule has 1 heterocycles. The Hall–Kier alpha value is -2.98. The quantitative estimate of drug-likeness (QED) is 0.718. The van der Waals surface area contributed by atoms with Gasteiger partial charge in [-0.3, -0.25) is 9.78 Å². The SMILES string of the molecule is CC(NC(=O)[C@@H](N)Cc1ccccc1)c1cccc(-c2cccnc2)c1. The molecule has 4 heteroatoms. The van der Waals surface area contributed by atoms with Gasteiger partial charge in [0, 0.05) is 12.4 Å². The van der Waals surface area contributed by atoms with Crippen molar-refractivity contribution in [2.75, 3.05) is 0 Å². The van der Waals surface area contributed by atoms with Gasteiger partial charge in [-0.05, 0) is 47.7 Å². The van der Waals surface area contributed by atoms with Gasteiger partial charge >= 0.3 is 0 Å². The van der Waals surface area contributed by atoms with Crippen LogP contribution in [0, 0.1) is 0 Å². The number of hydrogen-bond donors (Lipinski definition) is 2. The first-order chi connectivity index (χ1) is 12.6. The van der Waals surface area contributed by atoms with E-state index in [0.29, 0.717) is 6.42 Å². The zero-order chi connectivity index (χ0) is 18.4. The molecule has 0 radical (unpaired) electrons. The first kappa shape index (κ1) is 17.8. The number of amides is 1. The number of rotatable bonds is 6. The molecule has 0 bridgehead atoms. The lowest BCUT2D eigenvalue weighted by Crippen LogP contribution is -2.42. The van der Waals surface area contributed by atoms with Gasteiger partial charge < -0.3 is 11.1 Å². The maximum atomic E-state index is 12.4. The van der Waals surface area contributed by atoms with Gasteiger partial charge in [-0.25, -0.2) is 0 Å². The second-order valence-corrected chi connectivity index (χ2v) is 6.39. The normalized spacial score (nSPS) is 13.0. The number of aromatic nitrogens is 1. The molecular weight excluding hydrogens is 322 g/mol. The zero-order valence-corrected chi connectivity index (χ0v) is 14.8. The van der Waals surface area contributed by atoms with Crippen LogP contribution >= 0.6 is 0 Å². The van der Waals surface area contributed by atoms with Crippen molar-refractivity contribution in [3.8, 4) is 11.1 Å². The van der Waals surface area contributed by atoms with Crippen molar-refractivity contribution in [1.82, 2.24) is 10.3 Å². The molecule has 0 aliphatic heterocycles. The Morgan fingerprint density at radius 2 is 1.81 bits per heavy atom. The van der Waals surface area contributed by atoms with E-state index in [-0.39, 0.29) is 11.9 Å². The third-order valence-corrected chi connectivity index (χ3v) is 4.38. The third kappa shape index (κ3) is 4.55. The summed E-state index contributed by atoms with van der Waals surface area (Å²) in [7, 11) is 0. The van der Waals surface area contributed by atoms with Gasteiger partial charge in [0.2, 0.25) is 5.91 Å². The molecule has 132 valence electrons. The number of carbonyl (C=O) groups is 1. The minimum absolute atomic E-state index is 0.124. The molecule has 1 amide bonds. The molecule has 26 heavy (non-hydrogen) atoms. The molecule has 4 nitrogen and oxygen atoms in total. The van der Waals surface area contributed by atoms with Crippen LogP contribution in [0.5, 0.6) is 0 Å². The number of nitrogens with one attached hydrogen (secondary N) is 1. The van der Waals surface area contributed by atoms with Crippen LogP contribution in [0.1, 0.15) is 24.1 Å². The number of carbonyl (C=O) groups excluding carboxylic acids is 1. The van der Waals surface area contributed by atoms with Crippen LogP contribution in [0.25, 0.3) is 11.1 Å². The predicted octanol–water partition coefficient (Wildman–Crippen LogP) is 3.50. The van der Waals surface area contributed by atoms with Crippen molar-refractivity contribution in [2.24, 2.45) is 5.73 Å². The highest BCUT2D eigenvalue weighted by Gasteiger charge is 2.17. The lowest BCUT2D eigenvalue weighted by molar-refractivity contribution is -0.123. The lowest BCUT2D eigenvalue weighted by Gasteiger charge is -2.18. The van der Waals surface area contributed by atoms with Crippen LogP contribution in [-0.4, -0.2) is 16.9 Å². The topological polar surface area (TPSA) is 68.0 Å². The first-order valence-corrected chi connectivity index (χ1v) is 8.74. The molecule has 2 atom stereocenters. The first-order valence-electron chi connectivity index (χ1n) is 8.74. The highest BCUT2D eigenvalue weighted by molar-refractivity contribution is 5.82. The van der Waals surface area contributed by atoms with Gasteiger partial charge in [0.15, 0.2) is 0 Å². The molecule has 0 spiro atoms. The minimum atomic E-state index is -0.568. The fourth-order valence-electron chi connectivity index (χ4n) is 2.89. The summed E-state index contributed by atoms with van der Waals surface area (Å²) in [6.45, 7) is 1.97. The van der Waals surface area contributed by atoms with E-state index in [1.54, 1.807) is 6.20 Å². The van der Waals surface area contributed by atoms with Crippen molar-refractivity contribution in [2.45, 2.75) is 25.4 Å². The van der Waals surface area contributed by atoms with E-state index in [1.807, 2.05) is 73.8 Å². The van der Waals surface area contributed by atoms with Gasteiger partial charge in [-0.2, -0.15) is 0 Å². The average Bonchev–Trinajstić information content (AvgIpc) is 2.69. The summed E-state index contributed by atoms with van der Waals surface area (Å²) >= 11 is 0. The molecule has 0 aliphatic rings. The maximum absolute atomic E-state index is 12.4. The molecule has 3 rings (SSSR count). The van der Waals surface area contributed by atoms with E-state index >= 15 is 0 Å². The summed E-state index contributed by atoms with van der Waals surface area (Å²) in [6, 6.07) is 21.2. The molecule has 0 aliphatic carbocycles. The van der Waals surface area contributed by atoms with E-state index in [4.69, 9.17) is 5.73 Å². The Morgan fingerprint density at radius 3 is 2.54 bits per heavy atom. The largest absolute Gasteiger partial charge is 0.348 e. The van der Waals surface area contributed by atoms with E-state index in [9.17, 15) is 4.79 Å². The Kier molecular flexibility index (Phi) is 5.77. The summed E-state index contributed by atoms with van der Waals surface area (Å²) in [5.41, 5.74) is 10.3. The fraction of sp³-hybridized carbons (Fsp3) is 0.182. The van der Waals surface area contributed by atoms with Gasteiger partial charge in [0.05, 0.1) is 12.1 Å². The molecule has 2 aromatic carbocycles. The van der Waals surface area contributed by atoms with Crippen LogP contribution in [0.4, 0.5) is 0 Å². The highest BCUT2D eigenvalue weighted by Crippen LogP contribution is 2.22. The number of nitrogens with zero attached hydrogens (tertiary/aromatic N) is 1.